The van der Waals surface area contributed by atoms with Gasteiger partial charge in [0.1, 0.15) is 13.1 Å². The van der Waals surface area contributed by atoms with Crippen LogP contribution >= 0.6 is 0 Å². The second-order valence-electron chi connectivity index (χ2n) is 2.48. The van der Waals surface area contributed by atoms with Crippen LogP contribution in [-0.2, 0) is 14.6 Å². The van der Waals surface area contributed by atoms with Gasteiger partial charge in [0, 0.05) is 6.54 Å². The van der Waals surface area contributed by atoms with Gasteiger partial charge in [-0.3, -0.25) is 14.1 Å². The van der Waals surface area contributed by atoms with E-state index in [1.165, 1.54) is 0 Å². The van der Waals surface area contributed by atoms with Crippen molar-refractivity contribution in [2.24, 2.45) is 5.73 Å². The van der Waals surface area contributed by atoms with Crippen LogP contribution in [0.1, 0.15) is 0 Å². The number of hydrogen-bond acceptors (Lipinski definition) is 6. The van der Waals surface area contributed by atoms with Crippen molar-refractivity contribution in [1.29, 1.82) is 0 Å². The Labute approximate surface area is 83.5 Å². The molecule has 8 heteroatoms. The first-order valence-electron chi connectivity index (χ1n) is 4.02. The van der Waals surface area contributed by atoms with Crippen LogP contribution in [0, 0.1) is 0 Å². The van der Waals surface area contributed by atoms with Gasteiger partial charge in [0.2, 0.25) is 16.7 Å². The third kappa shape index (κ3) is 7.92. The highest BCUT2D eigenvalue weighted by Gasteiger charge is 2.05. The van der Waals surface area contributed by atoms with Gasteiger partial charge in [0.25, 0.3) is 0 Å². The van der Waals surface area contributed by atoms with Crippen LogP contribution < -0.4 is 11.1 Å². The maximum absolute atomic E-state index is 9.22. The summed E-state index contributed by atoms with van der Waals surface area (Å²) in [5, 5.41) is 3.10. The van der Waals surface area contributed by atoms with E-state index >= 15 is 0 Å². The largest absolute Gasteiger partial charge is 0.726 e. The van der Waals surface area contributed by atoms with Crippen LogP contribution in [0.5, 0.6) is 0 Å². The Hall–Kier alpha value is -0.700. The van der Waals surface area contributed by atoms with Gasteiger partial charge in [-0.25, -0.2) is 8.42 Å². The van der Waals surface area contributed by atoms with E-state index in [0.717, 1.165) is 33.3 Å². The Balaban J connectivity index is 0.000000255. The zero-order valence-corrected chi connectivity index (χ0v) is 8.79. The molecule has 0 spiro atoms. The molecule has 1 heterocycles. The Morgan fingerprint density at radius 1 is 1.71 bits per heavy atom. The highest BCUT2D eigenvalue weighted by molar-refractivity contribution is 7.80. The summed E-state index contributed by atoms with van der Waals surface area (Å²) in [7, 11) is -3.60. The molecule has 0 fully saturated rings. The Kier molecular flexibility index (Phi) is 6.37. The van der Waals surface area contributed by atoms with Gasteiger partial charge in [-0.15, -0.1) is 0 Å². The predicted octanol–water partition coefficient (Wildman–Crippen LogP) is -2.32. The lowest BCUT2D eigenvalue weighted by atomic mass is 10.6. The average molecular weight is 225 g/mol. The first kappa shape index (κ1) is 13.3. The van der Waals surface area contributed by atoms with E-state index in [1.807, 2.05) is 6.34 Å². The zero-order valence-electron chi connectivity index (χ0n) is 7.97. The van der Waals surface area contributed by atoms with Crippen molar-refractivity contribution in [3.05, 3.63) is 0 Å². The van der Waals surface area contributed by atoms with Crippen molar-refractivity contribution in [3.63, 3.8) is 0 Å². The molecule has 7 nitrogen and oxygen atoms in total. The number of hydrogen-bond donors (Lipinski definition) is 2. The van der Waals surface area contributed by atoms with Crippen LogP contribution in [0.3, 0.4) is 0 Å². The fourth-order valence-corrected chi connectivity index (χ4v) is 0.809. The minimum atomic E-state index is -4.41. The average Bonchev–Trinajstić information content (AvgIpc) is 2.58. The molecular formula is C6H15N3O4S. The normalized spacial score (nSPS) is 15.2. The van der Waals surface area contributed by atoms with Crippen LogP contribution in [-0.4, -0.2) is 57.2 Å². The van der Waals surface area contributed by atoms with Crippen molar-refractivity contribution < 1.29 is 21.7 Å². The SMILES string of the molecule is COS(=O)(=O)[O-].NCC[N+]1=CNCC1. The quantitative estimate of drug-likeness (QED) is 0.317. The smallest absolute Gasteiger partial charge is 0.232 e. The number of nitrogens with one attached hydrogen (secondary N) is 1. The predicted molar refractivity (Wildman–Crippen MR) is 49.8 cm³/mol. The van der Waals surface area contributed by atoms with Crippen LogP contribution in [0.4, 0.5) is 0 Å². The van der Waals surface area contributed by atoms with E-state index in [2.05, 4.69) is 14.1 Å². The lowest BCUT2D eigenvalue weighted by molar-refractivity contribution is -0.511. The maximum Gasteiger partial charge on any atom is 0.232 e. The molecular weight excluding hydrogens is 210 g/mol. The molecule has 0 amide bonds. The van der Waals surface area contributed by atoms with Crippen LogP contribution in [0.25, 0.3) is 0 Å². The second kappa shape index (κ2) is 6.71. The maximum atomic E-state index is 9.22. The molecule has 1 rings (SSSR count). The molecule has 0 aromatic heterocycles. The van der Waals surface area contributed by atoms with E-state index < -0.39 is 10.4 Å². The van der Waals surface area contributed by atoms with Gasteiger partial charge in [-0.05, 0) is 0 Å². The minimum Gasteiger partial charge on any atom is -0.726 e. The van der Waals surface area contributed by atoms with Gasteiger partial charge in [-0.2, -0.15) is 0 Å². The summed E-state index contributed by atoms with van der Waals surface area (Å²) in [5.41, 5.74) is 5.32. The molecule has 0 atom stereocenters. The zero-order chi connectivity index (χ0) is 11.0. The van der Waals surface area contributed by atoms with Gasteiger partial charge < -0.3 is 10.3 Å². The molecule has 0 unspecified atom stereocenters. The number of rotatable bonds is 3. The Morgan fingerprint density at radius 2 is 2.29 bits per heavy atom. The first-order valence-corrected chi connectivity index (χ1v) is 5.35. The lowest BCUT2D eigenvalue weighted by Gasteiger charge is -1.98. The van der Waals surface area contributed by atoms with E-state index in [0.29, 0.717) is 0 Å². The fourth-order valence-electron chi connectivity index (χ4n) is 0.809. The third-order valence-corrected chi connectivity index (χ3v) is 1.85. The summed E-state index contributed by atoms with van der Waals surface area (Å²) in [4.78, 5) is 0. The molecule has 0 aromatic carbocycles. The van der Waals surface area contributed by atoms with E-state index in [1.54, 1.807) is 0 Å². The number of nitrogens with zero attached hydrogens (tertiary/aromatic N) is 1. The van der Waals surface area contributed by atoms with Gasteiger partial charge in [0.05, 0.1) is 13.7 Å². The van der Waals surface area contributed by atoms with E-state index in [-0.39, 0.29) is 0 Å². The monoisotopic (exact) mass is 225 g/mol. The molecule has 1 aliphatic rings. The summed E-state index contributed by atoms with van der Waals surface area (Å²) in [5.74, 6) is 0. The summed E-state index contributed by atoms with van der Waals surface area (Å²) in [6.45, 7) is 3.91. The molecule has 84 valence electrons. The Morgan fingerprint density at radius 3 is 2.57 bits per heavy atom. The minimum absolute atomic E-state index is 0.748. The second-order valence-corrected chi connectivity index (χ2v) is 3.63. The fraction of sp³-hybridized carbons (Fsp3) is 0.833. The van der Waals surface area contributed by atoms with Gasteiger partial charge in [0.15, 0.2) is 0 Å². The molecule has 1 aliphatic heterocycles. The summed E-state index contributed by atoms with van der Waals surface area (Å²) in [6.07, 6.45) is 1.99. The molecule has 0 bridgehead atoms. The molecule has 0 radical (unpaired) electrons. The van der Waals surface area contributed by atoms with Gasteiger partial charge in [-0.1, -0.05) is 0 Å². The highest BCUT2D eigenvalue weighted by atomic mass is 32.3. The van der Waals surface area contributed by atoms with Crippen molar-refractivity contribution >= 4 is 16.7 Å². The molecule has 0 saturated heterocycles. The molecule has 3 N–H and O–H groups in total. The highest BCUT2D eigenvalue weighted by Crippen LogP contribution is 1.75. The molecule has 0 aromatic rings. The van der Waals surface area contributed by atoms with Crippen LogP contribution in [0.15, 0.2) is 0 Å². The molecule has 0 saturated carbocycles. The molecule has 0 aliphatic carbocycles. The summed E-state index contributed by atoms with van der Waals surface area (Å²) < 4.78 is 33.2. The van der Waals surface area contributed by atoms with E-state index in [4.69, 9.17) is 5.73 Å². The standard InChI is InChI=1S/C5H11N3.CH4O4S/c6-1-3-8-4-2-7-5-8;1-5-6(2,3)4/h5H,1-4,6H2;1H3,(H,2,3,4). The van der Waals surface area contributed by atoms with Crippen molar-refractivity contribution in [2.75, 3.05) is 33.3 Å². The summed E-state index contributed by atoms with van der Waals surface area (Å²) in [6, 6.07) is 0. The van der Waals surface area contributed by atoms with Gasteiger partial charge >= 0.3 is 0 Å². The number of nitrogens with two attached hydrogens (primary N) is 1. The topological polar surface area (TPSA) is 107 Å². The first-order chi connectivity index (χ1) is 6.49. The summed E-state index contributed by atoms with van der Waals surface area (Å²) >= 11 is 0. The van der Waals surface area contributed by atoms with Crippen molar-refractivity contribution in [2.45, 2.75) is 0 Å². The van der Waals surface area contributed by atoms with Crippen molar-refractivity contribution in [3.8, 4) is 0 Å². The van der Waals surface area contributed by atoms with E-state index in [9.17, 15) is 13.0 Å². The molecule has 14 heavy (non-hydrogen) atoms. The van der Waals surface area contributed by atoms with Crippen LogP contribution in [0.2, 0.25) is 0 Å². The lowest BCUT2D eigenvalue weighted by Crippen LogP contribution is -2.19. The Bertz CT molecular complexity index is 275. The third-order valence-electron chi connectivity index (χ3n) is 1.44. The van der Waals surface area contributed by atoms with Crippen molar-refractivity contribution in [1.82, 2.24) is 5.32 Å².